The zero-order valence-electron chi connectivity index (χ0n) is 16.1. The van der Waals surface area contributed by atoms with E-state index in [1.165, 1.54) is 43.9 Å². The van der Waals surface area contributed by atoms with Gasteiger partial charge in [0.1, 0.15) is 5.78 Å². The van der Waals surface area contributed by atoms with Crippen LogP contribution in [0.2, 0.25) is 0 Å². The molecule has 1 aliphatic carbocycles. The molecule has 1 heterocycles. The number of Topliss-reactive ketones (excluding diaryl/α,β-unsaturated/α-hetero) is 1. The first-order valence-corrected chi connectivity index (χ1v) is 10.9. The van der Waals surface area contributed by atoms with Gasteiger partial charge < -0.3 is 5.32 Å². The molecule has 144 valence electrons. The van der Waals surface area contributed by atoms with Gasteiger partial charge in [0.15, 0.2) is 0 Å². The van der Waals surface area contributed by atoms with E-state index in [1.54, 1.807) is 0 Å². The normalized spacial score (nSPS) is 21.3. The molecule has 1 amide bonds. The maximum Gasteiger partial charge on any atom is 0.225 e. The Labute approximate surface area is 166 Å². The van der Waals surface area contributed by atoms with Gasteiger partial charge in [-0.2, -0.15) is 0 Å². The minimum Gasteiger partial charge on any atom is -0.326 e. The average Bonchev–Trinajstić information content (AvgIpc) is 2.67. The van der Waals surface area contributed by atoms with Crippen molar-refractivity contribution in [3.05, 3.63) is 53.0 Å². The van der Waals surface area contributed by atoms with E-state index in [-0.39, 0.29) is 23.4 Å². The van der Waals surface area contributed by atoms with Gasteiger partial charge in [0.05, 0.1) is 5.25 Å². The van der Waals surface area contributed by atoms with E-state index in [2.05, 4.69) is 17.5 Å². The van der Waals surface area contributed by atoms with Crippen LogP contribution in [0.15, 0.2) is 47.4 Å². The topological polar surface area (TPSA) is 46.2 Å². The van der Waals surface area contributed by atoms with Crippen LogP contribution in [0.1, 0.15) is 56.9 Å². The molecule has 1 unspecified atom stereocenters. The van der Waals surface area contributed by atoms with Crippen LogP contribution in [0.25, 0.3) is 0 Å². The molecule has 3 nitrogen and oxygen atoms in total. The Morgan fingerprint density at radius 1 is 1.22 bits per heavy atom. The Kier molecular flexibility index (Phi) is 7.33. The van der Waals surface area contributed by atoms with E-state index in [0.29, 0.717) is 6.42 Å². The molecule has 4 heteroatoms. The highest BCUT2D eigenvalue weighted by molar-refractivity contribution is 8.04. The Morgan fingerprint density at radius 3 is 2.78 bits per heavy atom. The van der Waals surface area contributed by atoms with Gasteiger partial charge in [-0.15, -0.1) is 11.8 Å². The summed E-state index contributed by atoms with van der Waals surface area (Å²) >= 11 is 1.53. The largest absolute Gasteiger partial charge is 0.326 e. The van der Waals surface area contributed by atoms with Gasteiger partial charge >= 0.3 is 0 Å². The summed E-state index contributed by atoms with van der Waals surface area (Å²) in [7, 11) is 0. The molecule has 1 aliphatic heterocycles. The number of para-hydroxylation sites is 1. The lowest BCUT2D eigenvalue weighted by Crippen LogP contribution is -2.26. The van der Waals surface area contributed by atoms with Crippen LogP contribution in [-0.4, -0.2) is 16.9 Å². The molecule has 0 spiro atoms. The van der Waals surface area contributed by atoms with Crippen LogP contribution in [0.5, 0.6) is 0 Å². The Balaban J connectivity index is 1.50. The van der Waals surface area contributed by atoms with Crippen molar-refractivity contribution in [3.63, 3.8) is 0 Å². The lowest BCUT2D eigenvalue weighted by Gasteiger charge is -2.21. The molecule has 1 aromatic rings. The first kappa shape index (κ1) is 19.9. The highest BCUT2D eigenvalue weighted by Gasteiger charge is 2.26. The van der Waals surface area contributed by atoms with Crippen LogP contribution in [0.3, 0.4) is 0 Å². The second-order valence-corrected chi connectivity index (χ2v) is 8.87. The summed E-state index contributed by atoms with van der Waals surface area (Å²) in [5.74, 6) is 0.869. The number of rotatable bonds is 6. The average molecular weight is 384 g/mol. The summed E-state index contributed by atoms with van der Waals surface area (Å²) in [4.78, 5) is 25.8. The number of thioether (sulfide) groups is 1. The number of carbonyl (C=O) groups is 2. The molecule has 0 aromatic heterocycles. The molecule has 1 N–H and O–H groups in total. The number of ketones is 1. The fraction of sp³-hybridized carbons (Fsp3) is 0.478. The number of allylic oxidation sites excluding steroid dienone is 3. The second kappa shape index (κ2) is 9.93. The Bertz CT molecular complexity index is 732. The van der Waals surface area contributed by atoms with Gasteiger partial charge in [-0.3, -0.25) is 9.59 Å². The summed E-state index contributed by atoms with van der Waals surface area (Å²) in [6, 6.07) is 7.71. The number of hydrogen-bond acceptors (Lipinski definition) is 3. The molecule has 1 fully saturated rings. The fourth-order valence-electron chi connectivity index (χ4n) is 3.76. The van der Waals surface area contributed by atoms with E-state index in [0.717, 1.165) is 28.5 Å². The van der Waals surface area contributed by atoms with Crippen molar-refractivity contribution in [2.75, 3.05) is 5.32 Å². The maximum absolute atomic E-state index is 12.4. The summed E-state index contributed by atoms with van der Waals surface area (Å²) in [5.41, 5.74) is 1.85. The maximum atomic E-state index is 12.4. The van der Waals surface area contributed by atoms with Gasteiger partial charge in [0.25, 0.3) is 0 Å². The molecule has 3 rings (SSSR count). The molecule has 2 aliphatic rings. The van der Waals surface area contributed by atoms with Gasteiger partial charge in [0.2, 0.25) is 5.91 Å². The van der Waals surface area contributed by atoms with Gasteiger partial charge in [-0.1, -0.05) is 68.5 Å². The molecule has 0 radical (unpaired) electrons. The van der Waals surface area contributed by atoms with Crippen LogP contribution >= 0.6 is 11.8 Å². The molecule has 1 aromatic carbocycles. The number of amides is 1. The fourth-order valence-corrected chi connectivity index (χ4v) is 4.90. The molecule has 27 heavy (non-hydrogen) atoms. The number of benzene rings is 1. The minimum atomic E-state index is -0.284. The molecular weight excluding hydrogens is 354 g/mol. The van der Waals surface area contributed by atoms with Gasteiger partial charge in [-0.25, -0.2) is 0 Å². The molecule has 0 saturated heterocycles. The van der Waals surface area contributed by atoms with Gasteiger partial charge in [-0.05, 0) is 30.9 Å². The van der Waals surface area contributed by atoms with Gasteiger partial charge in [0, 0.05) is 23.4 Å². The zero-order valence-corrected chi connectivity index (χ0v) is 16.9. The van der Waals surface area contributed by atoms with E-state index in [9.17, 15) is 9.59 Å². The zero-order chi connectivity index (χ0) is 19.1. The summed E-state index contributed by atoms with van der Waals surface area (Å²) in [6.07, 6.45) is 15.0. The van der Waals surface area contributed by atoms with Crippen molar-refractivity contribution in [2.24, 2.45) is 5.92 Å². The minimum absolute atomic E-state index is 0.0948. The Hall–Kier alpha value is -1.81. The van der Waals surface area contributed by atoms with Crippen LogP contribution in [-0.2, 0) is 9.59 Å². The standard InChI is InChI=1S/C23H29NO2S/c1-17-8-5-6-13-20(17)24-23(26)16-22-21(25)15-14-19(27-22)12-7-11-18-9-3-2-4-10-18/h5-8,12-14,18,22H,2-4,9-11,15-16H2,1H3,(H,24,26)/b12-7+. The van der Waals surface area contributed by atoms with E-state index >= 15 is 0 Å². The van der Waals surface area contributed by atoms with Crippen LogP contribution in [0.4, 0.5) is 5.69 Å². The first-order chi connectivity index (χ1) is 13.1. The lowest BCUT2D eigenvalue weighted by molar-refractivity contribution is -0.122. The highest BCUT2D eigenvalue weighted by Crippen LogP contribution is 2.33. The molecular formula is C23H29NO2S. The van der Waals surface area contributed by atoms with Crippen molar-refractivity contribution in [1.29, 1.82) is 0 Å². The molecule has 0 bridgehead atoms. The predicted molar refractivity (Wildman–Crippen MR) is 114 cm³/mol. The number of carbonyl (C=O) groups excluding carboxylic acids is 2. The quantitative estimate of drug-likeness (QED) is 0.674. The van der Waals surface area contributed by atoms with Crippen LogP contribution < -0.4 is 5.32 Å². The van der Waals surface area contributed by atoms with Crippen molar-refractivity contribution >= 4 is 29.1 Å². The summed E-state index contributed by atoms with van der Waals surface area (Å²) in [5, 5.41) is 2.65. The molecule has 1 atom stereocenters. The lowest BCUT2D eigenvalue weighted by atomic mass is 9.87. The van der Waals surface area contributed by atoms with E-state index in [4.69, 9.17) is 0 Å². The number of nitrogens with one attached hydrogen (secondary N) is 1. The monoisotopic (exact) mass is 383 g/mol. The SMILES string of the molecule is Cc1ccccc1NC(=O)CC1SC(/C=C/CC2CCCCC2)=CCC1=O. The number of aryl methyl sites for hydroxylation is 1. The van der Waals surface area contributed by atoms with E-state index < -0.39 is 0 Å². The number of anilines is 1. The third kappa shape index (κ3) is 6.10. The van der Waals surface area contributed by atoms with E-state index in [1.807, 2.05) is 37.3 Å². The first-order valence-electron chi connectivity index (χ1n) is 10.0. The number of hydrogen-bond donors (Lipinski definition) is 1. The third-order valence-electron chi connectivity index (χ3n) is 5.41. The summed E-state index contributed by atoms with van der Waals surface area (Å²) < 4.78 is 0. The van der Waals surface area contributed by atoms with Crippen LogP contribution in [0, 0.1) is 12.8 Å². The third-order valence-corrected chi connectivity index (χ3v) is 6.70. The summed E-state index contributed by atoms with van der Waals surface area (Å²) in [6.45, 7) is 1.97. The smallest absolute Gasteiger partial charge is 0.225 e. The van der Waals surface area contributed by atoms with Crippen molar-refractivity contribution in [2.45, 2.75) is 63.5 Å². The van der Waals surface area contributed by atoms with Crippen molar-refractivity contribution < 1.29 is 9.59 Å². The Morgan fingerprint density at radius 2 is 2.00 bits per heavy atom. The predicted octanol–water partition coefficient (Wildman–Crippen LogP) is 5.81. The van der Waals surface area contributed by atoms with Crippen molar-refractivity contribution in [3.8, 4) is 0 Å². The molecule has 1 saturated carbocycles. The second-order valence-electron chi connectivity index (χ2n) is 7.59. The highest BCUT2D eigenvalue weighted by atomic mass is 32.2. The van der Waals surface area contributed by atoms with Crippen molar-refractivity contribution in [1.82, 2.24) is 0 Å².